The zero-order valence-electron chi connectivity index (χ0n) is 15.0. The van der Waals surface area contributed by atoms with Gasteiger partial charge >= 0.3 is 0 Å². The van der Waals surface area contributed by atoms with Crippen molar-refractivity contribution < 1.29 is 9.21 Å². The summed E-state index contributed by atoms with van der Waals surface area (Å²) in [4.78, 5) is 23.0. The van der Waals surface area contributed by atoms with E-state index in [1.54, 1.807) is 30.6 Å². The fraction of sp³-hybridized carbons (Fsp3) is 0.450. The molecule has 0 aromatic carbocycles. The molecule has 6 nitrogen and oxygen atoms in total. The van der Waals surface area contributed by atoms with Crippen LogP contribution in [0.5, 0.6) is 0 Å². The highest BCUT2D eigenvalue weighted by molar-refractivity contribution is 5.91. The maximum Gasteiger partial charge on any atom is 0.244 e. The fourth-order valence-electron chi connectivity index (χ4n) is 3.51. The number of carbonyl (C=O) groups is 1. The first-order chi connectivity index (χ1) is 12.7. The number of nitrogens with zero attached hydrogens (tertiary/aromatic N) is 3. The second-order valence-corrected chi connectivity index (χ2v) is 7.24. The van der Waals surface area contributed by atoms with Gasteiger partial charge in [-0.25, -0.2) is 9.97 Å². The Morgan fingerprint density at radius 3 is 2.92 bits per heavy atom. The molecule has 1 saturated carbocycles. The molecule has 3 unspecified atom stereocenters. The van der Waals surface area contributed by atoms with Crippen molar-refractivity contribution >= 4 is 17.9 Å². The van der Waals surface area contributed by atoms with Crippen LogP contribution >= 0.6 is 0 Å². The predicted molar refractivity (Wildman–Crippen MR) is 99.7 cm³/mol. The van der Waals surface area contributed by atoms with Crippen molar-refractivity contribution in [3.63, 3.8) is 0 Å². The third-order valence-corrected chi connectivity index (χ3v) is 5.12. The topological polar surface area (TPSA) is 71.3 Å². The average Bonchev–Trinajstić information content (AvgIpc) is 3.21. The molecule has 2 aromatic heterocycles. The Hall–Kier alpha value is -2.63. The first-order valence-corrected chi connectivity index (χ1v) is 9.29. The van der Waals surface area contributed by atoms with E-state index in [1.165, 1.54) is 6.42 Å². The number of hydrogen-bond donors (Lipinski definition) is 1. The Kier molecular flexibility index (Phi) is 4.73. The van der Waals surface area contributed by atoms with Gasteiger partial charge in [-0.3, -0.25) is 4.79 Å². The van der Waals surface area contributed by atoms with E-state index in [0.717, 1.165) is 43.4 Å². The third-order valence-electron chi connectivity index (χ3n) is 5.12. The normalized spacial score (nSPS) is 25.4. The van der Waals surface area contributed by atoms with Gasteiger partial charge < -0.3 is 14.6 Å². The molecule has 1 aliphatic heterocycles. The highest BCUT2D eigenvalue weighted by atomic mass is 16.3. The van der Waals surface area contributed by atoms with E-state index in [9.17, 15) is 4.79 Å². The standard InChI is InChI=1S/C20H24N4O2/c1-14-12-17(14)18-7-5-16(26-18)6-8-19(25)23-15-4-2-11-24(13-15)20-21-9-3-10-22-20/h3,5-10,14-15,17H,2,4,11-13H2,1H3,(H,23,25)/b8-6+. The van der Waals surface area contributed by atoms with Crippen LogP contribution in [-0.2, 0) is 4.79 Å². The van der Waals surface area contributed by atoms with Crippen molar-refractivity contribution in [3.05, 3.63) is 48.2 Å². The zero-order valence-corrected chi connectivity index (χ0v) is 15.0. The second-order valence-electron chi connectivity index (χ2n) is 7.24. The van der Waals surface area contributed by atoms with Crippen molar-refractivity contribution in [2.75, 3.05) is 18.0 Å². The molecular weight excluding hydrogens is 328 g/mol. The van der Waals surface area contributed by atoms with Crippen molar-refractivity contribution in [1.82, 2.24) is 15.3 Å². The summed E-state index contributed by atoms with van der Waals surface area (Å²) in [5.74, 6) is 3.66. The lowest BCUT2D eigenvalue weighted by molar-refractivity contribution is -0.117. The third kappa shape index (κ3) is 3.95. The number of rotatable bonds is 5. The zero-order chi connectivity index (χ0) is 17.9. The van der Waals surface area contributed by atoms with Crippen LogP contribution in [0.4, 0.5) is 5.95 Å². The number of carbonyl (C=O) groups excluding carboxylic acids is 1. The van der Waals surface area contributed by atoms with Crippen molar-refractivity contribution in [1.29, 1.82) is 0 Å². The lowest BCUT2D eigenvalue weighted by Crippen LogP contribution is -2.47. The van der Waals surface area contributed by atoms with E-state index in [1.807, 2.05) is 12.1 Å². The minimum Gasteiger partial charge on any atom is -0.461 e. The van der Waals surface area contributed by atoms with E-state index in [4.69, 9.17) is 4.42 Å². The number of furan rings is 1. The molecule has 2 aromatic rings. The van der Waals surface area contributed by atoms with Gasteiger partial charge in [0.25, 0.3) is 0 Å². The van der Waals surface area contributed by atoms with Gasteiger partial charge in [-0.1, -0.05) is 6.92 Å². The molecule has 136 valence electrons. The van der Waals surface area contributed by atoms with Gasteiger partial charge in [0, 0.05) is 43.5 Å². The summed E-state index contributed by atoms with van der Waals surface area (Å²) in [6.45, 7) is 3.87. The quantitative estimate of drug-likeness (QED) is 0.838. The Bertz CT molecular complexity index is 786. The minimum absolute atomic E-state index is 0.0939. The van der Waals surface area contributed by atoms with E-state index in [-0.39, 0.29) is 11.9 Å². The summed E-state index contributed by atoms with van der Waals surface area (Å²) in [5.41, 5.74) is 0. The summed E-state index contributed by atoms with van der Waals surface area (Å²) in [6, 6.07) is 5.86. The molecule has 2 fully saturated rings. The van der Waals surface area contributed by atoms with Crippen molar-refractivity contribution in [3.8, 4) is 0 Å². The minimum atomic E-state index is -0.0939. The Morgan fingerprint density at radius 1 is 1.35 bits per heavy atom. The fourth-order valence-corrected chi connectivity index (χ4v) is 3.51. The van der Waals surface area contributed by atoms with Gasteiger partial charge in [-0.15, -0.1) is 0 Å². The summed E-state index contributed by atoms with van der Waals surface area (Å²) in [5, 5.41) is 3.07. The summed E-state index contributed by atoms with van der Waals surface area (Å²) in [7, 11) is 0. The molecule has 26 heavy (non-hydrogen) atoms. The van der Waals surface area contributed by atoms with Gasteiger partial charge in [-0.2, -0.15) is 0 Å². The Morgan fingerprint density at radius 2 is 2.15 bits per heavy atom. The molecule has 1 aliphatic carbocycles. The number of aromatic nitrogens is 2. The van der Waals surface area contributed by atoms with Crippen LogP contribution in [0.15, 0.2) is 41.1 Å². The second kappa shape index (κ2) is 7.32. The maximum atomic E-state index is 12.2. The van der Waals surface area contributed by atoms with Crippen LogP contribution in [0.1, 0.15) is 43.6 Å². The van der Waals surface area contributed by atoms with Crippen molar-refractivity contribution in [2.24, 2.45) is 5.92 Å². The van der Waals surface area contributed by atoms with Gasteiger partial charge in [0.05, 0.1) is 0 Å². The molecule has 2 aliphatic rings. The number of amides is 1. The molecular formula is C20H24N4O2. The highest BCUT2D eigenvalue weighted by Crippen LogP contribution is 2.47. The summed E-state index contributed by atoms with van der Waals surface area (Å²) < 4.78 is 5.80. The van der Waals surface area contributed by atoms with E-state index < -0.39 is 0 Å². The molecule has 4 rings (SSSR count). The monoisotopic (exact) mass is 352 g/mol. The summed E-state index contributed by atoms with van der Waals surface area (Å²) >= 11 is 0. The molecule has 1 amide bonds. The molecule has 0 bridgehead atoms. The predicted octanol–water partition coefficient (Wildman–Crippen LogP) is 2.99. The van der Waals surface area contributed by atoms with E-state index in [2.05, 4.69) is 27.1 Å². The van der Waals surface area contributed by atoms with Gasteiger partial charge in [0.2, 0.25) is 11.9 Å². The number of anilines is 1. The van der Waals surface area contributed by atoms with Gasteiger partial charge in [0.1, 0.15) is 11.5 Å². The maximum absolute atomic E-state index is 12.2. The van der Waals surface area contributed by atoms with Crippen LogP contribution in [0.3, 0.4) is 0 Å². The summed E-state index contributed by atoms with van der Waals surface area (Å²) in [6.07, 6.45) is 9.95. The van der Waals surface area contributed by atoms with Crippen LogP contribution in [-0.4, -0.2) is 35.0 Å². The number of hydrogen-bond acceptors (Lipinski definition) is 5. The molecule has 3 atom stereocenters. The first-order valence-electron chi connectivity index (χ1n) is 9.29. The molecule has 3 heterocycles. The SMILES string of the molecule is CC1CC1c1ccc(/C=C/C(=O)NC2CCCN(c3ncccn3)C2)o1. The molecule has 0 spiro atoms. The van der Waals surface area contributed by atoms with Crippen LogP contribution in [0.2, 0.25) is 0 Å². The number of nitrogens with one attached hydrogen (secondary N) is 1. The molecule has 1 N–H and O–H groups in total. The highest BCUT2D eigenvalue weighted by Gasteiger charge is 2.36. The molecule has 0 radical (unpaired) electrons. The largest absolute Gasteiger partial charge is 0.461 e. The van der Waals surface area contributed by atoms with Gasteiger partial charge in [-0.05, 0) is 49.5 Å². The first kappa shape index (κ1) is 16.8. The van der Waals surface area contributed by atoms with E-state index >= 15 is 0 Å². The lowest BCUT2D eigenvalue weighted by atomic mass is 10.1. The van der Waals surface area contributed by atoms with Crippen LogP contribution in [0.25, 0.3) is 6.08 Å². The van der Waals surface area contributed by atoms with E-state index in [0.29, 0.717) is 11.8 Å². The van der Waals surface area contributed by atoms with Gasteiger partial charge in [0.15, 0.2) is 0 Å². The van der Waals surface area contributed by atoms with Crippen LogP contribution in [0, 0.1) is 5.92 Å². The molecule has 1 saturated heterocycles. The molecule has 6 heteroatoms. The Balaban J connectivity index is 1.30. The Labute approximate surface area is 153 Å². The number of piperidine rings is 1. The smallest absolute Gasteiger partial charge is 0.244 e. The van der Waals surface area contributed by atoms with Crippen molar-refractivity contribution in [2.45, 2.75) is 38.1 Å². The average molecular weight is 352 g/mol. The lowest BCUT2D eigenvalue weighted by Gasteiger charge is -2.32. The van der Waals surface area contributed by atoms with Crippen LogP contribution < -0.4 is 10.2 Å².